The Bertz CT molecular complexity index is 811. The van der Waals surface area contributed by atoms with Crippen molar-refractivity contribution in [2.45, 2.75) is 71.0 Å². The van der Waals surface area contributed by atoms with E-state index in [0.717, 1.165) is 37.2 Å². The first kappa shape index (κ1) is 21.4. The Hall–Kier alpha value is -2.35. The van der Waals surface area contributed by atoms with Crippen LogP contribution in [-0.2, 0) is 4.79 Å². The monoisotopic (exact) mass is 415 g/mol. The van der Waals surface area contributed by atoms with Crippen LogP contribution in [0.5, 0.6) is 0 Å². The number of aromatic nitrogens is 3. The number of nitrogens with one attached hydrogen (secondary N) is 1. The van der Waals surface area contributed by atoms with E-state index in [1.165, 1.54) is 0 Å². The van der Waals surface area contributed by atoms with Gasteiger partial charge in [-0.15, -0.1) is 5.10 Å². The van der Waals surface area contributed by atoms with Crippen LogP contribution in [0.1, 0.15) is 75.5 Å². The molecule has 7 nitrogen and oxygen atoms in total. The summed E-state index contributed by atoms with van der Waals surface area (Å²) >= 11 is 1.14. The van der Waals surface area contributed by atoms with Gasteiger partial charge in [-0.2, -0.15) is 0 Å². The maximum Gasteiger partial charge on any atom is 0.276 e. The molecule has 1 N–H and O–H groups in total. The highest BCUT2D eigenvalue weighted by Crippen LogP contribution is 2.34. The molecule has 1 atom stereocenters. The molecule has 29 heavy (non-hydrogen) atoms. The second kappa shape index (κ2) is 8.98. The zero-order chi connectivity index (χ0) is 21.0. The van der Waals surface area contributed by atoms with Crippen molar-refractivity contribution in [2.24, 2.45) is 5.92 Å². The van der Waals surface area contributed by atoms with Gasteiger partial charge in [0.05, 0.1) is 0 Å². The van der Waals surface area contributed by atoms with E-state index in [9.17, 15) is 9.59 Å². The van der Waals surface area contributed by atoms with Crippen molar-refractivity contribution < 1.29 is 9.59 Å². The minimum Gasteiger partial charge on any atom is -0.349 e. The quantitative estimate of drug-likeness (QED) is 0.806. The van der Waals surface area contributed by atoms with E-state index in [1.54, 1.807) is 28.7 Å². The molecule has 1 aliphatic carbocycles. The van der Waals surface area contributed by atoms with E-state index in [4.69, 9.17) is 0 Å². The van der Waals surface area contributed by atoms with Crippen LogP contribution in [0.4, 0.5) is 0 Å². The zero-order valence-corrected chi connectivity index (χ0v) is 18.3. The van der Waals surface area contributed by atoms with E-state index in [2.05, 4.69) is 26.8 Å². The van der Waals surface area contributed by atoms with E-state index in [0.29, 0.717) is 11.5 Å². The second-order valence-electron chi connectivity index (χ2n) is 8.84. The second-order valence-corrected chi connectivity index (χ2v) is 9.45. The number of nitrogens with zero attached hydrogens (tertiary/aromatic N) is 4. The number of amides is 2. The molecule has 0 unspecified atom stereocenters. The molecule has 156 valence electrons. The third kappa shape index (κ3) is 5.38. The van der Waals surface area contributed by atoms with Crippen molar-refractivity contribution >= 4 is 23.3 Å². The molecule has 1 saturated carbocycles. The average Bonchev–Trinajstić information content (AvgIpc) is 3.20. The van der Waals surface area contributed by atoms with Crippen molar-refractivity contribution in [2.75, 3.05) is 0 Å². The number of pyridine rings is 1. The van der Waals surface area contributed by atoms with Crippen molar-refractivity contribution in [3.63, 3.8) is 0 Å². The van der Waals surface area contributed by atoms with Crippen LogP contribution in [0.2, 0.25) is 0 Å². The fraction of sp³-hybridized carbons (Fsp3) is 0.571. The first-order valence-corrected chi connectivity index (χ1v) is 10.9. The predicted octanol–water partition coefficient (Wildman–Crippen LogP) is 3.61. The van der Waals surface area contributed by atoms with Crippen LogP contribution >= 0.6 is 11.5 Å². The smallest absolute Gasteiger partial charge is 0.276 e. The summed E-state index contributed by atoms with van der Waals surface area (Å²) in [4.78, 5) is 32.8. The van der Waals surface area contributed by atoms with E-state index in [-0.39, 0.29) is 23.6 Å². The van der Waals surface area contributed by atoms with Crippen molar-refractivity contribution in [3.8, 4) is 0 Å². The summed E-state index contributed by atoms with van der Waals surface area (Å²) in [6.07, 6.45) is 7.13. The largest absolute Gasteiger partial charge is 0.349 e. The Labute approximate surface area is 176 Å². The van der Waals surface area contributed by atoms with Crippen molar-refractivity contribution in [1.82, 2.24) is 24.8 Å². The Morgan fingerprint density at radius 3 is 2.52 bits per heavy atom. The van der Waals surface area contributed by atoms with Crippen LogP contribution in [0.25, 0.3) is 0 Å². The molecular formula is C21H29N5O2S. The molecule has 3 rings (SSSR count). The Kier molecular flexibility index (Phi) is 6.62. The zero-order valence-electron chi connectivity index (χ0n) is 17.5. The molecule has 0 bridgehead atoms. The third-order valence-corrected chi connectivity index (χ3v) is 5.72. The maximum atomic E-state index is 13.5. The van der Waals surface area contributed by atoms with E-state index in [1.807, 2.05) is 26.8 Å². The number of hydrogen-bond acceptors (Lipinski definition) is 6. The van der Waals surface area contributed by atoms with Crippen LogP contribution in [-0.4, -0.2) is 42.9 Å². The molecule has 2 heterocycles. The van der Waals surface area contributed by atoms with Gasteiger partial charge >= 0.3 is 0 Å². The van der Waals surface area contributed by atoms with Gasteiger partial charge in [0, 0.05) is 34.9 Å². The average molecular weight is 416 g/mol. The van der Waals surface area contributed by atoms with Crippen LogP contribution < -0.4 is 5.32 Å². The number of rotatable bonds is 5. The molecule has 1 fully saturated rings. The Morgan fingerprint density at radius 2 is 1.97 bits per heavy atom. The lowest BCUT2D eigenvalue weighted by atomic mass is 9.85. The summed E-state index contributed by atoms with van der Waals surface area (Å²) in [6, 6.07) is 2.85. The molecule has 0 aliphatic heterocycles. The van der Waals surface area contributed by atoms with Gasteiger partial charge in [0.15, 0.2) is 5.69 Å². The highest BCUT2D eigenvalue weighted by molar-refractivity contribution is 7.03. The minimum atomic E-state index is -0.768. The molecule has 2 aromatic rings. The van der Waals surface area contributed by atoms with Gasteiger partial charge in [-0.1, -0.05) is 17.5 Å². The molecule has 0 aromatic carbocycles. The van der Waals surface area contributed by atoms with Gasteiger partial charge in [0.2, 0.25) is 5.91 Å². The van der Waals surface area contributed by atoms with Gasteiger partial charge < -0.3 is 10.2 Å². The van der Waals surface area contributed by atoms with Gasteiger partial charge in [-0.05, 0) is 70.0 Å². The van der Waals surface area contributed by atoms with Crippen molar-refractivity contribution in [1.29, 1.82) is 0 Å². The highest BCUT2D eigenvalue weighted by Gasteiger charge is 2.39. The predicted molar refractivity (Wildman–Crippen MR) is 112 cm³/mol. The minimum absolute atomic E-state index is 0.0312. The van der Waals surface area contributed by atoms with Crippen LogP contribution in [0, 0.1) is 5.92 Å². The maximum absolute atomic E-state index is 13.5. The molecule has 0 saturated heterocycles. The van der Waals surface area contributed by atoms with Gasteiger partial charge in [0.25, 0.3) is 5.91 Å². The standard InChI is InChI=1S/C21H29N5O2S/c1-14-7-9-16(10-8-14)26(20(28)17-13-29-25-24-17)18(15-6-5-11-22-12-15)19(27)23-21(2,3)4/h5-6,11-14,16,18H,7-10H2,1-4H3,(H,23,27)/t14?,16?,18-/m1/s1. The molecule has 0 radical (unpaired) electrons. The summed E-state index contributed by atoms with van der Waals surface area (Å²) in [7, 11) is 0. The molecule has 2 amide bonds. The fourth-order valence-corrected chi connectivity index (χ4v) is 4.25. The lowest BCUT2D eigenvalue weighted by molar-refractivity contribution is -0.128. The van der Waals surface area contributed by atoms with Crippen molar-refractivity contribution in [3.05, 3.63) is 41.2 Å². The Morgan fingerprint density at radius 1 is 1.24 bits per heavy atom. The molecular weight excluding hydrogens is 386 g/mol. The number of hydrogen-bond donors (Lipinski definition) is 1. The number of carbonyl (C=O) groups excluding carboxylic acids is 2. The number of carbonyl (C=O) groups is 2. The van der Waals surface area contributed by atoms with Gasteiger partial charge in [-0.3, -0.25) is 14.6 Å². The molecule has 8 heteroatoms. The molecule has 0 spiro atoms. The fourth-order valence-electron chi connectivity index (χ4n) is 3.82. The first-order chi connectivity index (χ1) is 13.8. The third-order valence-electron chi connectivity index (χ3n) is 5.22. The Balaban J connectivity index is 2.03. The van der Waals surface area contributed by atoms with Crippen LogP contribution in [0.15, 0.2) is 29.9 Å². The first-order valence-electron chi connectivity index (χ1n) is 10.1. The van der Waals surface area contributed by atoms with Crippen LogP contribution in [0.3, 0.4) is 0 Å². The van der Waals surface area contributed by atoms with E-state index < -0.39 is 11.6 Å². The molecule has 2 aromatic heterocycles. The summed E-state index contributed by atoms with van der Waals surface area (Å²) < 4.78 is 3.85. The van der Waals surface area contributed by atoms with E-state index >= 15 is 0 Å². The summed E-state index contributed by atoms with van der Waals surface area (Å²) in [5, 5.41) is 8.68. The summed E-state index contributed by atoms with van der Waals surface area (Å²) in [5.41, 5.74) is 0.561. The highest BCUT2D eigenvalue weighted by atomic mass is 32.1. The summed E-state index contributed by atoms with van der Waals surface area (Å²) in [5.74, 6) is 0.168. The lowest BCUT2D eigenvalue weighted by Gasteiger charge is -2.41. The normalized spacial score (nSPS) is 20.7. The SMILES string of the molecule is CC1CCC(N(C(=O)c2csnn2)[C@@H](C(=O)NC(C)(C)C)c2cccnc2)CC1. The topological polar surface area (TPSA) is 88.1 Å². The molecule has 1 aliphatic rings. The van der Waals surface area contributed by atoms with Gasteiger partial charge in [0.1, 0.15) is 6.04 Å². The van der Waals surface area contributed by atoms with Gasteiger partial charge in [-0.25, -0.2) is 0 Å². The summed E-state index contributed by atoms with van der Waals surface area (Å²) in [6.45, 7) is 8.04. The lowest BCUT2D eigenvalue weighted by Crippen LogP contribution is -2.53.